The molecule has 0 spiro atoms. The van der Waals surface area contributed by atoms with Crippen LogP contribution in [0.15, 0.2) is 24.3 Å². The minimum atomic E-state index is -1.42. The van der Waals surface area contributed by atoms with Gasteiger partial charge in [-0.1, -0.05) is 12.1 Å². The first-order chi connectivity index (χ1) is 10.5. The maximum Gasteiger partial charge on any atom is 0.325 e. The standard InChI is InChI=1S/C14H11N3O5/c1-22-12(19)6-10(11(18)7-16-15)17-13(20)8-4-2-3-5-9(8)14(17)21/h2-5,7,10H,6H2,1H3. The molecule has 112 valence electrons. The minimum Gasteiger partial charge on any atom is -0.469 e. The predicted molar refractivity (Wildman–Crippen MR) is 72.1 cm³/mol. The zero-order chi connectivity index (χ0) is 16.3. The monoisotopic (exact) mass is 301 g/mol. The van der Waals surface area contributed by atoms with E-state index in [1.165, 1.54) is 12.1 Å². The van der Waals surface area contributed by atoms with Gasteiger partial charge >= 0.3 is 12.2 Å². The van der Waals surface area contributed by atoms with Gasteiger partial charge in [-0.3, -0.25) is 24.1 Å². The van der Waals surface area contributed by atoms with Crippen LogP contribution in [0.3, 0.4) is 0 Å². The second kappa shape index (κ2) is 6.11. The Morgan fingerprint density at radius 2 is 1.82 bits per heavy atom. The summed E-state index contributed by atoms with van der Waals surface area (Å²) in [7, 11) is 1.12. The zero-order valence-corrected chi connectivity index (χ0v) is 11.6. The molecule has 0 saturated heterocycles. The number of fused-ring (bicyclic) bond motifs is 1. The number of benzene rings is 1. The number of amides is 2. The Labute approximate surface area is 124 Å². The quantitative estimate of drug-likeness (QED) is 0.251. The summed E-state index contributed by atoms with van der Waals surface area (Å²) in [5, 5.41) is 0. The van der Waals surface area contributed by atoms with Crippen molar-refractivity contribution in [3.63, 3.8) is 0 Å². The number of hydrogen-bond acceptors (Lipinski definition) is 5. The van der Waals surface area contributed by atoms with Crippen molar-refractivity contribution in [2.75, 3.05) is 7.11 Å². The molecule has 1 heterocycles. The molecule has 0 radical (unpaired) electrons. The number of ether oxygens (including phenoxy) is 1. The van der Waals surface area contributed by atoms with Crippen LogP contribution in [0.5, 0.6) is 0 Å². The van der Waals surface area contributed by atoms with E-state index in [2.05, 4.69) is 9.53 Å². The lowest BCUT2D eigenvalue weighted by molar-refractivity contribution is -0.143. The normalized spacial score (nSPS) is 14.1. The maximum absolute atomic E-state index is 12.3. The van der Waals surface area contributed by atoms with Gasteiger partial charge in [0, 0.05) is 0 Å². The summed E-state index contributed by atoms with van der Waals surface area (Å²) in [6.45, 7) is 0. The Balaban J connectivity index is 2.43. The van der Waals surface area contributed by atoms with Crippen molar-refractivity contribution in [3.8, 4) is 0 Å². The first kappa shape index (κ1) is 15.3. The molecular weight excluding hydrogens is 290 g/mol. The van der Waals surface area contributed by atoms with Crippen LogP contribution in [0.4, 0.5) is 0 Å². The highest BCUT2D eigenvalue weighted by Crippen LogP contribution is 2.25. The van der Waals surface area contributed by atoms with Crippen molar-refractivity contribution in [2.45, 2.75) is 12.5 Å². The van der Waals surface area contributed by atoms with Crippen molar-refractivity contribution in [1.82, 2.24) is 4.90 Å². The molecule has 22 heavy (non-hydrogen) atoms. The summed E-state index contributed by atoms with van der Waals surface area (Å²) in [5.74, 6) is -3.01. The lowest BCUT2D eigenvalue weighted by Crippen LogP contribution is -2.46. The number of imide groups is 1. The number of esters is 1. The van der Waals surface area contributed by atoms with Gasteiger partial charge in [-0.05, 0) is 12.1 Å². The van der Waals surface area contributed by atoms with E-state index >= 15 is 0 Å². The van der Waals surface area contributed by atoms with Gasteiger partial charge in [0.05, 0.1) is 24.7 Å². The smallest absolute Gasteiger partial charge is 0.325 e. The number of Topliss-reactive ketones (excluding diaryl/α,β-unsaturated/α-hetero) is 1. The number of methoxy groups -OCH3 is 1. The van der Waals surface area contributed by atoms with Crippen molar-refractivity contribution >= 4 is 29.8 Å². The molecule has 1 unspecified atom stereocenters. The number of hydrogen-bond donors (Lipinski definition) is 0. The van der Waals surface area contributed by atoms with Crippen molar-refractivity contribution in [1.29, 1.82) is 0 Å². The second-order valence-corrected chi connectivity index (χ2v) is 4.47. The molecular formula is C14H11N3O5. The highest BCUT2D eigenvalue weighted by atomic mass is 16.5. The average Bonchev–Trinajstić information content (AvgIpc) is 2.77. The summed E-state index contributed by atoms with van der Waals surface area (Å²) in [5.41, 5.74) is 8.77. The van der Waals surface area contributed by atoms with Crippen LogP contribution in [0.1, 0.15) is 27.1 Å². The third-order valence-electron chi connectivity index (χ3n) is 3.24. The number of ketones is 1. The summed E-state index contributed by atoms with van der Waals surface area (Å²) < 4.78 is 4.47. The molecule has 0 saturated carbocycles. The molecule has 0 aliphatic carbocycles. The first-order valence-electron chi connectivity index (χ1n) is 6.26. The number of carbonyl (C=O) groups excluding carboxylic acids is 4. The molecule has 2 rings (SSSR count). The molecule has 8 heteroatoms. The molecule has 8 nitrogen and oxygen atoms in total. The molecule has 1 aliphatic heterocycles. The highest BCUT2D eigenvalue weighted by Gasteiger charge is 2.44. The maximum atomic E-state index is 12.3. The second-order valence-electron chi connectivity index (χ2n) is 4.47. The highest BCUT2D eigenvalue weighted by molar-refractivity contribution is 6.32. The van der Waals surface area contributed by atoms with Crippen molar-refractivity contribution in [3.05, 3.63) is 40.9 Å². The van der Waals surface area contributed by atoms with E-state index in [1.807, 2.05) is 0 Å². The van der Waals surface area contributed by atoms with E-state index in [9.17, 15) is 19.2 Å². The van der Waals surface area contributed by atoms with Crippen LogP contribution in [-0.2, 0) is 14.3 Å². The minimum absolute atomic E-state index is 0.149. The van der Waals surface area contributed by atoms with Crippen LogP contribution in [0.25, 0.3) is 5.53 Å². The van der Waals surface area contributed by atoms with E-state index in [1.54, 1.807) is 12.1 Å². The number of nitrogens with zero attached hydrogens (tertiary/aromatic N) is 3. The van der Waals surface area contributed by atoms with E-state index in [4.69, 9.17) is 5.53 Å². The topological polar surface area (TPSA) is 117 Å². The van der Waals surface area contributed by atoms with Gasteiger partial charge < -0.3 is 10.3 Å². The third-order valence-corrected chi connectivity index (χ3v) is 3.24. The number of carbonyl (C=O) groups is 4. The fourth-order valence-electron chi connectivity index (χ4n) is 2.19. The van der Waals surface area contributed by atoms with Gasteiger partial charge in [-0.15, -0.1) is 0 Å². The SMILES string of the molecule is COC(=O)CC(C(=O)C=[N+]=[N-])N1C(=O)c2ccccc2C1=O. The molecule has 0 aromatic heterocycles. The van der Waals surface area contributed by atoms with Crippen LogP contribution in [0.2, 0.25) is 0 Å². The Bertz CT molecular complexity index is 686. The van der Waals surface area contributed by atoms with Crippen LogP contribution < -0.4 is 0 Å². The molecule has 1 atom stereocenters. The summed E-state index contributed by atoms with van der Waals surface area (Å²) in [6.07, 6.45) is 0.0178. The summed E-state index contributed by atoms with van der Waals surface area (Å²) in [4.78, 5) is 51.3. The lowest BCUT2D eigenvalue weighted by atomic mass is 10.1. The van der Waals surface area contributed by atoms with Gasteiger partial charge in [-0.25, -0.2) is 0 Å². The van der Waals surface area contributed by atoms with E-state index in [0.29, 0.717) is 11.1 Å². The average molecular weight is 301 g/mol. The van der Waals surface area contributed by atoms with Gasteiger partial charge in [0.15, 0.2) is 0 Å². The zero-order valence-electron chi connectivity index (χ0n) is 11.6. The van der Waals surface area contributed by atoms with Gasteiger partial charge in [0.2, 0.25) is 0 Å². The van der Waals surface area contributed by atoms with Gasteiger partial charge in [0.1, 0.15) is 6.04 Å². The van der Waals surface area contributed by atoms with E-state index < -0.39 is 36.0 Å². The Morgan fingerprint density at radius 1 is 1.27 bits per heavy atom. The van der Waals surface area contributed by atoms with E-state index in [0.717, 1.165) is 7.11 Å². The predicted octanol–water partition coefficient (Wildman–Crippen LogP) is 0.0840. The molecule has 0 bridgehead atoms. The van der Waals surface area contributed by atoms with Crippen LogP contribution in [-0.4, -0.2) is 52.6 Å². The largest absolute Gasteiger partial charge is 0.469 e. The molecule has 0 N–H and O–H groups in total. The Morgan fingerprint density at radius 3 is 2.27 bits per heavy atom. The summed E-state index contributed by atoms with van der Waals surface area (Å²) in [6, 6.07) is 4.65. The third kappa shape index (κ3) is 2.55. The molecule has 1 aromatic carbocycles. The van der Waals surface area contributed by atoms with Gasteiger partial charge in [-0.2, -0.15) is 4.79 Å². The number of rotatable bonds is 5. The molecule has 0 fully saturated rings. The van der Waals surface area contributed by atoms with Crippen LogP contribution in [0, 0.1) is 0 Å². The molecule has 1 aromatic rings. The molecule has 2 amide bonds. The summed E-state index contributed by atoms with van der Waals surface area (Å²) >= 11 is 0. The molecule has 1 aliphatic rings. The van der Waals surface area contributed by atoms with Crippen molar-refractivity contribution < 1.29 is 28.7 Å². The lowest BCUT2D eigenvalue weighted by Gasteiger charge is -2.21. The van der Waals surface area contributed by atoms with Gasteiger partial charge in [0.25, 0.3) is 17.6 Å². The fraction of sp³-hybridized carbons (Fsp3) is 0.214. The first-order valence-corrected chi connectivity index (χ1v) is 6.26. The fourth-order valence-corrected chi connectivity index (χ4v) is 2.19. The van der Waals surface area contributed by atoms with E-state index in [-0.39, 0.29) is 11.1 Å². The Hall–Kier alpha value is -3.12. The Kier molecular flexibility index (Phi) is 4.24. The van der Waals surface area contributed by atoms with Crippen molar-refractivity contribution in [2.24, 2.45) is 0 Å². The van der Waals surface area contributed by atoms with Crippen LogP contribution >= 0.6 is 0 Å².